The maximum Gasteiger partial charge on any atom is 0.274 e. The monoisotopic (exact) mass is 432 g/mol. The number of rotatable bonds is 5. The molecule has 0 saturated carbocycles. The number of nitrogens with one attached hydrogen (secondary N) is 2. The van der Waals surface area contributed by atoms with Crippen molar-refractivity contribution in [2.75, 3.05) is 54.5 Å². The lowest BCUT2D eigenvalue weighted by molar-refractivity contribution is 0.102. The summed E-state index contributed by atoms with van der Waals surface area (Å²) in [5.41, 5.74) is 5.02. The number of benzene rings is 1. The largest absolute Gasteiger partial charge is 0.378 e. The molecule has 0 radical (unpaired) electrons. The summed E-state index contributed by atoms with van der Waals surface area (Å²) in [6, 6.07) is 11.8. The van der Waals surface area contributed by atoms with Gasteiger partial charge in [0.25, 0.3) is 5.91 Å². The van der Waals surface area contributed by atoms with Crippen molar-refractivity contribution in [2.24, 2.45) is 0 Å². The normalized spacial score (nSPS) is 16.8. The molecule has 0 unspecified atom stereocenters. The molecule has 1 amide bonds. The molecule has 2 aliphatic heterocycles. The average Bonchev–Trinajstić information content (AvgIpc) is 3.41. The minimum Gasteiger partial charge on any atom is -0.378 e. The van der Waals surface area contributed by atoms with E-state index in [1.807, 2.05) is 18.2 Å². The van der Waals surface area contributed by atoms with Crippen molar-refractivity contribution in [3.63, 3.8) is 0 Å². The number of pyridine rings is 1. The van der Waals surface area contributed by atoms with E-state index in [1.54, 1.807) is 18.5 Å². The van der Waals surface area contributed by atoms with Gasteiger partial charge < -0.3 is 19.9 Å². The lowest BCUT2D eigenvalue weighted by atomic mass is 10.1. The highest BCUT2D eigenvalue weighted by atomic mass is 16.5. The number of carbonyl (C=O) groups excluding carboxylic acids is 1. The molecular formula is C24H28N6O2. The Balaban J connectivity index is 1.42. The number of amides is 1. The summed E-state index contributed by atoms with van der Waals surface area (Å²) in [5.74, 6) is -0.215. The quantitative estimate of drug-likeness (QED) is 0.641. The van der Waals surface area contributed by atoms with Crippen LogP contribution in [0.1, 0.15) is 29.8 Å². The number of hydrogen-bond donors (Lipinski definition) is 2. The molecule has 166 valence electrons. The van der Waals surface area contributed by atoms with E-state index >= 15 is 0 Å². The van der Waals surface area contributed by atoms with E-state index in [-0.39, 0.29) is 5.91 Å². The number of H-pyrrole nitrogens is 1. The van der Waals surface area contributed by atoms with Crippen LogP contribution in [0.3, 0.4) is 0 Å². The Morgan fingerprint density at radius 1 is 1.00 bits per heavy atom. The first-order chi connectivity index (χ1) is 15.8. The third-order valence-corrected chi connectivity index (χ3v) is 6.08. The van der Waals surface area contributed by atoms with Crippen molar-refractivity contribution in [3.8, 4) is 11.3 Å². The topological polar surface area (TPSA) is 86.4 Å². The molecule has 5 rings (SSSR count). The zero-order chi connectivity index (χ0) is 21.8. The molecular weight excluding hydrogens is 404 g/mol. The van der Waals surface area contributed by atoms with Crippen LogP contribution in [0.4, 0.5) is 17.1 Å². The first-order valence-corrected chi connectivity index (χ1v) is 11.3. The van der Waals surface area contributed by atoms with Crippen LogP contribution >= 0.6 is 0 Å². The van der Waals surface area contributed by atoms with Gasteiger partial charge in [-0.1, -0.05) is 6.07 Å². The number of carbonyl (C=O) groups is 1. The molecule has 4 heterocycles. The van der Waals surface area contributed by atoms with Gasteiger partial charge in [-0.3, -0.25) is 9.89 Å². The van der Waals surface area contributed by atoms with Crippen molar-refractivity contribution in [2.45, 2.75) is 19.3 Å². The van der Waals surface area contributed by atoms with E-state index in [0.717, 1.165) is 56.3 Å². The standard InChI is InChI=1S/C24H28N6O2/c31-24(22-6-4-5-20(27-22)18-16-25-26-17-18)28-21-8-7-19(29-11-13-32-14-12-29)15-23(21)30-9-2-1-3-10-30/h4-8,15-17H,1-3,9-14H2,(H,25,26)(H,28,31). The Morgan fingerprint density at radius 3 is 2.62 bits per heavy atom. The Morgan fingerprint density at radius 2 is 1.84 bits per heavy atom. The molecule has 2 fully saturated rings. The van der Waals surface area contributed by atoms with Gasteiger partial charge in [0, 0.05) is 43.6 Å². The zero-order valence-corrected chi connectivity index (χ0v) is 18.1. The number of anilines is 3. The van der Waals surface area contributed by atoms with Crippen molar-refractivity contribution in [1.29, 1.82) is 0 Å². The van der Waals surface area contributed by atoms with Gasteiger partial charge in [0.1, 0.15) is 5.69 Å². The summed E-state index contributed by atoms with van der Waals surface area (Å²) in [5, 5.41) is 9.87. The van der Waals surface area contributed by atoms with Gasteiger partial charge in [-0.2, -0.15) is 5.10 Å². The van der Waals surface area contributed by atoms with Crippen LogP contribution in [0.2, 0.25) is 0 Å². The van der Waals surface area contributed by atoms with Crippen LogP contribution in [0.5, 0.6) is 0 Å². The van der Waals surface area contributed by atoms with E-state index in [2.05, 4.69) is 42.4 Å². The Kier molecular flexibility index (Phi) is 6.02. The summed E-state index contributed by atoms with van der Waals surface area (Å²) in [6.07, 6.45) is 7.06. The van der Waals surface area contributed by atoms with Crippen LogP contribution in [0.15, 0.2) is 48.8 Å². The zero-order valence-electron chi connectivity index (χ0n) is 18.1. The van der Waals surface area contributed by atoms with Crippen LogP contribution in [-0.4, -0.2) is 60.5 Å². The first kappa shape index (κ1) is 20.5. The van der Waals surface area contributed by atoms with Crippen LogP contribution in [0.25, 0.3) is 11.3 Å². The second-order valence-corrected chi connectivity index (χ2v) is 8.20. The second-order valence-electron chi connectivity index (χ2n) is 8.20. The van der Waals surface area contributed by atoms with Gasteiger partial charge >= 0.3 is 0 Å². The number of nitrogens with zero attached hydrogens (tertiary/aromatic N) is 4. The van der Waals surface area contributed by atoms with Crippen LogP contribution in [0, 0.1) is 0 Å². The minimum absolute atomic E-state index is 0.215. The van der Waals surface area contributed by atoms with Gasteiger partial charge in [-0.05, 0) is 49.6 Å². The lowest BCUT2D eigenvalue weighted by Gasteiger charge is -2.33. The van der Waals surface area contributed by atoms with E-state index in [0.29, 0.717) is 11.4 Å². The molecule has 0 aliphatic carbocycles. The summed E-state index contributed by atoms with van der Waals surface area (Å²) in [7, 11) is 0. The number of aromatic amines is 1. The third kappa shape index (κ3) is 4.45. The fourth-order valence-electron chi connectivity index (χ4n) is 4.34. The van der Waals surface area contributed by atoms with Gasteiger partial charge in [0.2, 0.25) is 0 Å². The highest BCUT2D eigenvalue weighted by Gasteiger charge is 2.20. The van der Waals surface area contributed by atoms with Gasteiger partial charge in [0.05, 0.1) is 36.5 Å². The molecule has 0 atom stereocenters. The Hall–Kier alpha value is -3.39. The van der Waals surface area contributed by atoms with E-state index < -0.39 is 0 Å². The summed E-state index contributed by atoms with van der Waals surface area (Å²) < 4.78 is 5.51. The Labute approximate surface area is 187 Å². The van der Waals surface area contributed by atoms with Crippen molar-refractivity contribution < 1.29 is 9.53 Å². The molecule has 8 nitrogen and oxygen atoms in total. The molecule has 0 spiro atoms. The predicted molar refractivity (Wildman–Crippen MR) is 125 cm³/mol. The fraction of sp³-hybridized carbons (Fsp3) is 0.375. The predicted octanol–water partition coefficient (Wildman–Crippen LogP) is 3.55. The van der Waals surface area contributed by atoms with E-state index in [1.165, 1.54) is 24.9 Å². The van der Waals surface area contributed by atoms with Gasteiger partial charge in [-0.25, -0.2) is 4.98 Å². The summed E-state index contributed by atoms with van der Waals surface area (Å²) >= 11 is 0. The maximum atomic E-state index is 13.1. The van der Waals surface area contributed by atoms with Crippen molar-refractivity contribution in [3.05, 3.63) is 54.5 Å². The van der Waals surface area contributed by atoms with Gasteiger partial charge in [-0.15, -0.1) is 0 Å². The molecule has 32 heavy (non-hydrogen) atoms. The smallest absolute Gasteiger partial charge is 0.274 e. The summed E-state index contributed by atoms with van der Waals surface area (Å²) in [6.45, 7) is 5.27. The third-order valence-electron chi connectivity index (χ3n) is 6.08. The molecule has 2 aliphatic rings. The second kappa shape index (κ2) is 9.40. The number of aromatic nitrogens is 3. The molecule has 0 bridgehead atoms. The first-order valence-electron chi connectivity index (χ1n) is 11.3. The molecule has 2 N–H and O–H groups in total. The Bertz CT molecular complexity index is 1060. The molecule has 1 aromatic carbocycles. The molecule has 2 saturated heterocycles. The van der Waals surface area contributed by atoms with Crippen molar-refractivity contribution >= 4 is 23.0 Å². The highest BCUT2D eigenvalue weighted by molar-refractivity contribution is 6.05. The number of morpholine rings is 1. The number of hydrogen-bond acceptors (Lipinski definition) is 6. The SMILES string of the molecule is O=C(Nc1ccc(N2CCOCC2)cc1N1CCCCC1)c1cccc(-c2cn[nH]c2)n1. The van der Waals surface area contributed by atoms with Crippen molar-refractivity contribution in [1.82, 2.24) is 15.2 Å². The molecule has 8 heteroatoms. The number of ether oxygens (including phenoxy) is 1. The lowest BCUT2D eigenvalue weighted by Crippen LogP contribution is -2.36. The van der Waals surface area contributed by atoms with Gasteiger partial charge in [0.15, 0.2) is 0 Å². The molecule has 3 aromatic rings. The van der Waals surface area contributed by atoms with Crippen LogP contribution in [-0.2, 0) is 4.74 Å². The van der Waals surface area contributed by atoms with Crippen LogP contribution < -0.4 is 15.1 Å². The van der Waals surface area contributed by atoms with E-state index in [9.17, 15) is 4.79 Å². The fourth-order valence-corrected chi connectivity index (χ4v) is 4.34. The summed E-state index contributed by atoms with van der Waals surface area (Å²) in [4.78, 5) is 22.4. The van der Waals surface area contributed by atoms with E-state index in [4.69, 9.17) is 4.74 Å². The number of piperidine rings is 1. The highest BCUT2D eigenvalue weighted by Crippen LogP contribution is 2.33. The molecule has 2 aromatic heterocycles. The minimum atomic E-state index is -0.215. The average molecular weight is 433 g/mol. The maximum absolute atomic E-state index is 13.1.